The first-order chi connectivity index (χ1) is 8.64. The van der Waals surface area contributed by atoms with Gasteiger partial charge in [-0.1, -0.05) is 23.8 Å². The molecule has 0 saturated heterocycles. The van der Waals surface area contributed by atoms with Crippen LogP contribution >= 0.6 is 11.3 Å². The Morgan fingerprint density at radius 3 is 2.61 bits per heavy atom. The third-order valence-electron chi connectivity index (χ3n) is 4.03. The van der Waals surface area contributed by atoms with Gasteiger partial charge >= 0.3 is 0 Å². The van der Waals surface area contributed by atoms with Gasteiger partial charge in [-0.3, -0.25) is 0 Å². The topological polar surface area (TPSA) is 26.0 Å². The van der Waals surface area contributed by atoms with Crippen LogP contribution in [0.25, 0.3) is 10.4 Å². The van der Waals surface area contributed by atoms with Gasteiger partial charge in [0.1, 0.15) is 0 Å². The first kappa shape index (κ1) is 11.9. The van der Waals surface area contributed by atoms with Crippen LogP contribution in [-0.2, 0) is 5.41 Å². The van der Waals surface area contributed by atoms with Gasteiger partial charge in [0.25, 0.3) is 0 Å². The van der Waals surface area contributed by atoms with Crippen LogP contribution in [-0.4, -0.2) is 6.54 Å². The van der Waals surface area contributed by atoms with Gasteiger partial charge in [-0.05, 0) is 49.9 Å². The van der Waals surface area contributed by atoms with Gasteiger partial charge in [0.2, 0.25) is 0 Å². The summed E-state index contributed by atoms with van der Waals surface area (Å²) in [4.78, 5) is 2.85. The molecular weight excluding hydrogens is 238 g/mol. The van der Waals surface area contributed by atoms with Crippen molar-refractivity contribution < 1.29 is 0 Å². The van der Waals surface area contributed by atoms with Crippen LogP contribution in [0.1, 0.15) is 28.8 Å². The van der Waals surface area contributed by atoms with Crippen molar-refractivity contribution in [2.24, 2.45) is 5.73 Å². The molecule has 1 aliphatic carbocycles. The summed E-state index contributed by atoms with van der Waals surface area (Å²) in [6.45, 7) is 5.13. The zero-order chi connectivity index (χ0) is 12.8. The second-order valence-corrected chi connectivity index (χ2v) is 6.55. The molecule has 0 aliphatic heterocycles. The van der Waals surface area contributed by atoms with Crippen molar-refractivity contribution in [1.29, 1.82) is 0 Å². The Morgan fingerprint density at radius 1 is 1.17 bits per heavy atom. The average molecular weight is 257 g/mol. The molecule has 1 fully saturated rings. The summed E-state index contributed by atoms with van der Waals surface area (Å²) in [6.07, 6.45) is 2.52. The fraction of sp³-hybridized carbons (Fsp3) is 0.375. The first-order valence-electron chi connectivity index (χ1n) is 6.53. The van der Waals surface area contributed by atoms with E-state index >= 15 is 0 Å². The Hall–Kier alpha value is -1.12. The molecule has 0 unspecified atom stereocenters. The van der Waals surface area contributed by atoms with E-state index in [2.05, 4.69) is 44.2 Å². The molecule has 2 N–H and O–H groups in total. The van der Waals surface area contributed by atoms with Crippen LogP contribution in [0.4, 0.5) is 0 Å². The summed E-state index contributed by atoms with van der Waals surface area (Å²) >= 11 is 1.92. The second-order valence-electron chi connectivity index (χ2n) is 5.47. The standard InChI is InChI=1S/C16H19NS/c1-11-3-4-12(2)13(9-11)14-5-6-15(18-14)16(10-17)7-8-16/h3-6,9H,7-8,10,17H2,1-2H3. The van der Waals surface area contributed by atoms with Gasteiger partial charge in [-0.2, -0.15) is 0 Å². The molecule has 3 rings (SSSR count). The van der Waals surface area contributed by atoms with Crippen molar-refractivity contribution in [1.82, 2.24) is 0 Å². The minimum absolute atomic E-state index is 0.320. The number of rotatable bonds is 3. The second kappa shape index (κ2) is 4.22. The molecule has 1 aromatic carbocycles. The van der Waals surface area contributed by atoms with E-state index in [0.29, 0.717) is 5.41 Å². The molecule has 0 amide bonds. The molecule has 0 radical (unpaired) electrons. The van der Waals surface area contributed by atoms with Crippen LogP contribution in [0.15, 0.2) is 30.3 Å². The molecular formula is C16H19NS. The van der Waals surface area contributed by atoms with Gasteiger partial charge in [0.15, 0.2) is 0 Å². The Kier molecular flexibility index (Phi) is 2.80. The van der Waals surface area contributed by atoms with E-state index in [0.717, 1.165) is 6.54 Å². The molecule has 94 valence electrons. The lowest BCUT2D eigenvalue weighted by molar-refractivity contribution is 0.720. The number of hydrogen-bond acceptors (Lipinski definition) is 2. The summed E-state index contributed by atoms with van der Waals surface area (Å²) in [5.41, 5.74) is 10.3. The van der Waals surface area contributed by atoms with Crippen LogP contribution in [0, 0.1) is 13.8 Å². The van der Waals surface area contributed by atoms with Crippen molar-refractivity contribution in [3.63, 3.8) is 0 Å². The lowest BCUT2D eigenvalue weighted by Crippen LogP contribution is -2.18. The van der Waals surface area contributed by atoms with Crippen LogP contribution in [0.5, 0.6) is 0 Å². The highest BCUT2D eigenvalue weighted by Gasteiger charge is 2.44. The fourth-order valence-corrected chi connectivity index (χ4v) is 3.81. The molecule has 1 nitrogen and oxygen atoms in total. The summed E-state index contributed by atoms with van der Waals surface area (Å²) in [7, 11) is 0. The van der Waals surface area contributed by atoms with Crippen molar-refractivity contribution in [2.75, 3.05) is 6.54 Å². The highest BCUT2D eigenvalue weighted by Crippen LogP contribution is 2.50. The summed E-state index contributed by atoms with van der Waals surface area (Å²) < 4.78 is 0. The quantitative estimate of drug-likeness (QED) is 0.883. The highest BCUT2D eigenvalue weighted by atomic mass is 32.1. The van der Waals surface area contributed by atoms with E-state index in [4.69, 9.17) is 5.73 Å². The third-order valence-corrected chi connectivity index (χ3v) is 5.40. The number of nitrogens with two attached hydrogens (primary N) is 1. The number of aryl methyl sites for hydroxylation is 2. The van der Waals surface area contributed by atoms with Gasteiger partial charge < -0.3 is 5.73 Å². The Morgan fingerprint density at radius 2 is 1.94 bits per heavy atom. The van der Waals surface area contributed by atoms with Crippen molar-refractivity contribution in [3.05, 3.63) is 46.3 Å². The van der Waals surface area contributed by atoms with E-state index in [9.17, 15) is 0 Å². The van der Waals surface area contributed by atoms with Crippen LogP contribution in [0.3, 0.4) is 0 Å². The van der Waals surface area contributed by atoms with E-state index in [1.54, 1.807) is 0 Å². The van der Waals surface area contributed by atoms with Crippen LogP contribution < -0.4 is 5.73 Å². The van der Waals surface area contributed by atoms with Crippen molar-refractivity contribution in [2.45, 2.75) is 32.1 Å². The largest absolute Gasteiger partial charge is 0.330 e. The lowest BCUT2D eigenvalue weighted by atomic mass is 10.0. The predicted octanol–water partition coefficient (Wildman–Crippen LogP) is 4.02. The van der Waals surface area contributed by atoms with Crippen molar-refractivity contribution in [3.8, 4) is 10.4 Å². The maximum atomic E-state index is 5.91. The Labute approximate surface area is 113 Å². The maximum absolute atomic E-state index is 5.91. The molecule has 2 aromatic rings. The number of hydrogen-bond donors (Lipinski definition) is 1. The molecule has 1 heterocycles. The Bertz CT molecular complexity index is 579. The number of benzene rings is 1. The molecule has 1 aromatic heterocycles. The first-order valence-corrected chi connectivity index (χ1v) is 7.34. The fourth-order valence-electron chi connectivity index (χ4n) is 2.47. The molecule has 18 heavy (non-hydrogen) atoms. The minimum Gasteiger partial charge on any atom is -0.330 e. The summed E-state index contributed by atoms with van der Waals surface area (Å²) in [6, 6.07) is 11.2. The summed E-state index contributed by atoms with van der Waals surface area (Å²) in [5.74, 6) is 0. The zero-order valence-corrected chi connectivity index (χ0v) is 11.8. The number of thiophene rings is 1. The van der Waals surface area contributed by atoms with E-state index in [-0.39, 0.29) is 0 Å². The van der Waals surface area contributed by atoms with E-state index in [1.807, 2.05) is 11.3 Å². The zero-order valence-electron chi connectivity index (χ0n) is 11.0. The van der Waals surface area contributed by atoms with Crippen molar-refractivity contribution >= 4 is 11.3 Å². The molecule has 1 saturated carbocycles. The molecule has 1 aliphatic rings. The van der Waals surface area contributed by atoms with Gasteiger partial charge in [-0.15, -0.1) is 11.3 Å². The van der Waals surface area contributed by atoms with E-state index in [1.165, 1.54) is 39.3 Å². The highest BCUT2D eigenvalue weighted by molar-refractivity contribution is 7.15. The van der Waals surface area contributed by atoms with Gasteiger partial charge in [0.05, 0.1) is 0 Å². The Balaban J connectivity index is 2.00. The maximum Gasteiger partial charge on any atom is 0.0348 e. The predicted molar refractivity (Wildman–Crippen MR) is 79.2 cm³/mol. The SMILES string of the molecule is Cc1ccc(C)c(-c2ccc(C3(CN)CC3)s2)c1. The third kappa shape index (κ3) is 1.90. The van der Waals surface area contributed by atoms with Crippen LogP contribution in [0.2, 0.25) is 0 Å². The summed E-state index contributed by atoms with van der Waals surface area (Å²) in [5, 5.41) is 0. The average Bonchev–Trinajstić information content (AvgIpc) is 3.02. The lowest BCUT2D eigenvalue weighted by Gasteiger charge is -2.09. The monoisotopic (exact) mass is 257 g/mol. The normalized spacial score (nSPS) is 16.8. The smallest absolute Gasteiger partial charge is 0.0348 e. The molecule has 0 spiro atoms. The molecule has 0 bridgehead atoms. The molecule has 0 atom stereocenters. The molecule has 2 heteroatoms. The van der Waals surface area contributed by atoms with Gasteiger partial charge in [-0.25, -0.2) is 0 Å². The minimum atomic E-state index is 0.320. The van der Waals surface area contributed by atoms with Gasteiger partial charge in [0, 0.05) is 21.7 Å². The van der Waals surface area contributed by atoms with E-state index < -0.39 is 0 Å².